The van der Waals surface area contributed by atoms with Gasteiger partial charge in [-0.3, -0.25) is 4.68 Å². The molecule has 1 fully saturated rings. The lowest BCUT2D eigenvalue weighted by Gasteiger charge is -2.30. The van der Waals surface area contributed by atoms with Crippen molar-refractivity contribution in [3.05, 3.63) is 30.2 Å². The first-order valence-electron chi connectivity index (χ1n) is 11.8. The maximum atomic E-state index is 9.71. The molecule has 0 saturated heterocycles. The molecule has 1 aliphatic carbocycles. The van der Waals surface area contributed by atoms with Gasteiger partial charge < -0.3 is 30.2 Å². The molecule has 33 heavy (non-hydrogen) atoms. The van der Waals surface area contributed by atoms with Crippen molar-refractivity contribution in [3.8, 4) is 5.75 Å². The van der Waals surface area contributed by atoms with Crippen LogP contribution in [0.5, 0.6) is 5.75 Å². The summed E-state index contributed by atoms with van der Waals surface area (Å²) >= 11 is 0. The van der Waals surface area contributed by atoms with Crippen molar-refractivity contribution in [1.82, 2.24) is 24.6 Å². The first-order chi connectivity index (χ1) is 15.8. The van der Waals surface area contributed by atoms with Crippen molar-refractivity contribution in [2.45, 2.75) is 77.4 Å². The lowest BCUT2D eigenvalue weighted by molar-refractivity contribution is 0.131. The van der Waals surface area contributed by atoms with E-state index in [1.54, 1.807) is 24.9 Å². The monoisotopic (exact) mass is 456 g/mol. The first kappa shape index (κ1) is 23.5. The number of hydrogen-bond acceptors (Lipinski definition) is 7. The van der Waals surface area contributed by atoms with Gasteiger partial charge in [-0.1, -0.05) is 0 Å². The van der Waals surface area contributed by atoms with Gasteiger partial charge in [0, 0.05) is 43.5 Å². The Kier molecular flexibility index (Phi) is 7.21. The second-order valence-electron chi connectivity index (χ2n) is 9.37. The van der Waals surface area contributed by atoms with Crippen molar-refractivity contribution >= 4 is 22.5 Å². The maximum absolute atomic E-state index is 9.71. The summed E-state index contributed by atoms with van der Waals surface area (Å²) in [5, 5.41) is 30.6. The van der Waals surface area contributed by atoms with E-state index in [1.807, 2.05) is 36.7 Å². The van der Waals surface area contributed by atoms with E-state index in [9.17, 15) is 10.2 Å². The van der Waals surface area contributed by atoms with E-state index in [2.05, 4.69) is 20.7 Å². The third kappa shape index (κ3) is 5.85. The highest BCUT2D eigenvalue weighted by Gasteiger charge is 2.23. The molecular weight excluding hydrogens is 420 g/mol. The van der Waals surface area contributed by atoms with E-state index in [1.165, 1.54) is 0 Å². The number of benzene rings is 1. The van der Waals surface area contributed by atoms with Crippen LogP contribution in [0.2, 0.25) is 0 Å². The van der Waals surface area contributed by atoms with Gasteiger partial charge >= 0.3 is 0 Å². The summed E-state index contributed by atoms with van der Waals surface area (Å²) in [6.07, 6.45) is 5.22. The number of nitrogens with one attached hydrogen (secondary N) is 2. The smallest absolute Gasteiger partial charge is 0.152 e. The van der Waals surface area contributed by atoms with Gasteiger partial charge in [0.25, 0.3) is 0 Å². The normalized spacial score (nSPS) is 20.7. The second kappa shape index (κ2) is 10.1. The zero-order valence-corrected chi connectivity index (χ0v) is 20.0. The minimum atomic E-state index is -0.465. The molecule has 2 heterocycles. The number of nitrogens with zero attached hydrogens (tertiary/aromatic N) is 4. The standard InChI is InChI=1S/C24H36N6O3/c1-15-9-23(28-30(15)13-17(3)32)27-21-10-20(11-22-24(21)26-14-29(22)4)33-19-7-5-18(6-8-19)25-12-16(2)31/h9-11,14,16-19,25,31-32H,5-8,12-13H2,1-4H3,(H,27,28)/t16-,17+,18?,19?/m0/s1. The van der Waals surface area contributed by atoms with Crippen molar-refractivity contribution < 1.29 is 14.9 Å². The molecule has 1 aromatic carbocycles. The van der Waals surface area contributed by atoms with E-state index in [4.69, 9.17) is 4.74 Å². The van der Waals surface area contributed by atoms with Crippen molar-refractivity contribution in [1.29, 1.82) is 0 Å². The predicted molar refractivity (Wildman–Crippen MR) is 129 cm³/mol. The van der Waals surface area contributed by atoms with Crippen LogP contribution in [-0.2, 0) is 13.6 Å². The number of hydrogen-bond donors (Lipinski definition) is 4. The minimum Gasteiger partial charge on any atom is -0.490 e. The van der Waals surface area contributed by atoms with Crippen LogP contribution in [0.25, 0.3) is 11.0 Å². The highest BCUT2D eigenvalue weighted by molar-refractivity contribution is 5.91. The summed E-state index contributed by atoms with van der Waals surface area (Å²) < 4.78 is 10.2. The molecule has 9 heteroatoms. The quantitative estimate of drug-likeness (QED) is 0.392. The number of anilines is 2. The zero-order valence-electron chi connectivity index (χ0n) is 20.0. The molecule has 1 saturated carbocycles. The van der Waals surface area contributed by atoms with E-state index < -0.39 is 6.10 Å². The number of aliphatic hydroxyl groups is 2. The highest BCUT2D eigenvalue weighted by atomic mass is 16.5. The van der Waals surface area contributed by atoms with Gasteiger partial charge in [0.05, 0.1) is 42.4 Å². The second-order valence-corrected chi connectivity index (χ2v) is 9.37. The Balaban J connectivity index is 1.49. The predicted octanol–water partition coefficient (Wildman–Crippen LogP) is 2.86. The number of aliphatic hydroxyl groups excluding tert-OH is 2. The molecule has 0 unspecified atom stereocenters. The maximum Gasteiger partial charge on any atom is 0.152 e. The molecule has 0 amide bonds. The Labute approximate surface area is 194 Å². The number of aryl methyl sites for hydroxylation is 2. The first-order valence-corrected chi connectivity index (χ1v) is 11.8. The molecule has 4 rings (SSSR count). The molecule has 2 aromatic heterocycles. The van der Waals surface area contributed by atoms with E-state index in [0.29, 0.717) is 24.9 Å². The molecule has 1 aliphatic rings. The highest BCUT2D eigenvalue weighted by Crippen LogP contribution is 2.32. The summed E-state index contributed by atoms with van der Waals surface area (Å²) in [5.41, 5.74) is 3.67. The largest absolute Gasteiger partial charge is 0.490 e. The lowest BCUT2D eigenvalue weighted by atomic mass is 9.93. The fraction of sp³-hybridized carbons (Fsp3) is 0.583. The average molecular weight is 457 g/mol. The number of imidazole rings is 1. The summed E-state index contributed by atoms with van der Waals surface area (Å²) in [7, 11) is 1.98. The number of fused-ring (bicyclic) bond motifs is 1. The summed E-state index contributed by atoms with van der Waals surface area (Å²) in [6, 6.07) is 6.45. The molecule has 0 bridgehead atoms. The third-order valence-electron chi connectivity index (χ3n) is 6.16. The SMILES string of the molecule is Cc1cc(Nc2cc(OC3CCC(NC[C@H](C)O)CC3)cc3c2ncn3C)nn1C[C@@H](C)O. The number of rotatable bonds is 9. The van der Waals surface area contributed by atoms with Gasteiger partial charge in [0.15, 0.2) is 5.82 Å². The van der Waals surface area contributed by atoms with Crippen LogP contribution in [-0.4, -0.2) is 60.4 Å². The van der Waals surface area contributed by atoms with Crippen LogP contribution >= 0.6 is 0 Å². The zero-order chi connectivity index (χ0) is 23.5. The van der Waals surface area contributed by atoms with Crippen molar-refractivity contribution in [3.63, 3.8) is 0 Å². The van der Waals surface area contributed by atoms with E-state index in [-0.39, 0.29) is 12.2 Å². The Morgan fingerprint density at radius 1 is 1.12 bits per heavy atom. The van der Waals surface area contributed by atoms with Crippen molar-refractivity contribution in [2.75, 3.05) is 11.9 Å². The van der Waals surface area contributed by atoms with E-state index >= 15 is 0 Å². The van der Waals surface area contributed by atoms with Crippen LogP contribution in [0, 0.1) is 6.92 Å². The molecule has 180 valence electrons. The summed E-state index contributed by atoms with van der Waals surface area (Å²) in [5.74, 6) is 1.52. The third-order valence-corrected chi connectivity index (χ3v) is 6.16. The summed E-state index contributed by atoms with van der Waals surface area (Å²) in [6.45, 7) is 6.62. The minimum absolute atomic E-state index is 0.167. The molecule has 9 nitrogen and oxygen atoms in total. The summed E-state index contributed by atoms with van der Waals surface area (Å²) in [4.78, 5) is 4.57. The van der Waals surface area contributed by atoms with Crippen molar-refractivity contribution in [2.24, 2.45) is 7.05 Å². The Hall–Kier alpha value is -2.62. The molecule has 3 aromatic rings. The molecule has 0 radical (unpaired) electrons. The van der Waals surface area contributed by atoms with Gasteiger partial charge in [0.2, 0.25) is 0 Å². The van der Waals surface area contributed by atoms with Crippen LogP contribution in [0.3, 0.4) is 0 Å². The fourth-order valence-corrected chi connectivity index (χ4v) is 4.43. The molecule has 4 N–H and O–H groups in total. The van der Waals surface area contributed by atoms with Gasteiger partial charge in [-0.2, -0.15) is 5.10 Å². The number of aromatic nitrogens is 4. The van der Waals surface area contributed by atoms with Crippen LogP contribution in [0.15, 0.2) is 24.5 Å². The molecule has 0 aliphatic heterocycles. The Bertz CT molecular complexity index is 1070. The van der Waals surface area contributed by atoms with Gasteiger partial charge in [-0.25, -0.2) is 4.98 Å². The molecule has 2 atom stereocenters. The van der Waals surface area contributed by atoms with Crippen LogP contribution in [0.4, 0.5) is 11.5 Å². The Morgan fingerprint density at radius 3 is 2.58 bits per heavy atom. The van der Waals surface area contributed by atoms with Gasteiger partial charge in [-0.15, -0.1) is 0 Å². The Morgan fingerprint density at radius 2 is 1.88 bits per heavy atom. The van der Waals surface area contributed by atoms with Crippen LogP contribution in [0.1, 0.15) is 45.2 Å². The average Bonchev–Trinajstić information content (AvgIpc) is 3.29. The number of ether oxygens (including phenoxy) is 1. The fourth-order valence-electron chi connectivity index (χ4n) is 4.43. The topological polar surface area (TPSA) is 109 Å². The molecule has 0 spiro atoms. The van der Waals surface area contributed by atoms with Crippen LogP contribution < -0.4 is 15.4 Å². The van der Waals surface area contributed by atoms with Gasteiger partial charge in [-0.05, 0) is 46.5 Å². The lowest BCUT2D eigenvalue weighted by Crippen LogP contribution is -2.39. The van der Waals surface area contributed by atoms with E-state index in [0.717, 1.165) is 53.8 Å². The van der Waals surface area contributed by atoms with Gasteiger partial charge in [0.1, 0.15) is 11.3 Å². The molecular formula is C24H36N6O3.